The van der Waals surface area contributed by atoms with Crippen LogP contribution in [0, 0.1) is 27.7 Å². The molecule has 0 radical (unpaired) electrons. The van der Waals surface area contributed by atoms with Gasteiger partial charge in [-0.05, 0) is 83.3 Å². The van der Waals surface area contributed by atoms with Gasteiger partial charge in [-0.25, -0.2) is 0 Å². The fourth-order valence-corrected chi connectivity index (χ4v) is 5.14. The second-order valence-electron chi connectivity index (χ2n) is 7.45. The molecule has 0 saturated carbocycles. The molecule has 2 bridgehead atoms. The average Bonchev–Trinajstić information content (AvgIpc) is 2.64. The van der Waals surface area contributed by atoms with Gasteiger partial charge in [0.2, 0.25) is 0 Å². The highest BCUT2D eigenvalue weighted by Gasteiger charge is 2.43. The molecule has 6 rings (SSSR count). The maximum Gasteiger partial charge on any atom is 0.0352 e. The Bertz CT molecular complexity index is 878. The van der Waals surface area contributed by atoms with Crippen molar-refractivity contribution in [3.05, 3.63) is 104 Å². The minimum Gasteiger partial charge on any atom is -0.0619 e. The van der Waals surface area contributed by atoms with Gasteiger partial charge in [-0.3, -0.25) is 0 Å². The molecule has 0 N–H and O–H groups in total. The van der Waals surface area contributed by atoms with Gasteiger partial charge in [-0.1, -0.05) is 48.5 Å². The smallest absolute Gasteiger partial charge is 0.0352 e. The van der Waals surface area contributed by atoms with Crippen LogP contribution in [0.25, 0.3) is 0 Å². The topological polar surface area (TPSA) is 0 Å². The van der Waals surface area contributed by atoms with E-state index in [4.69, 9.17) is 0 Å². The molecule has 3 aliphatic carbocycles. The minimum atomic E-state index is 0.399. The summed E-state index contributed by atoms with van der Waals surface area (Å²) >= 11 is 0. The largest absolute Gasteiger partial charge is 0.0619 e. The molecule has 3 aromatic carbocycles. The Hall–Kier alpha value is -2.34. The molecule has 0 fully saturated rings. The molecule has 0 heteroatoms. The van der Waals surface area contributed by atoms with Gasteiger partial charge < -0.3 is 0 Å². The Morgan fingerprint density at radius 2 is 0.750 bits per heavy atom. The molecule has 3 aromatic rings. The van der Waals surface area contributed by atoms with E-state index >= 15 is 0 Å². The lowest BCUT2D eigenvalue weighted by molar-refractivity contribution is 0.739. The molecule has 0 amide bonds. The zero-order valence-corrected chi connectivity index (χ0v) is 14.8. The van der Waals surface area contributed by atoms with Gasteiger partial charge in [-0.2, -0.15) is 0 Å². The van der Waals surface area contributed by atoms with Crippen LogP contribution in [0.4, 0.5) is 0 Å². The lowest BCUT2D eigenvalue weighted by atomic mass is 9.58. The van der Waals surface area contributed by atoms with E-state index in [0.717, 1.165) is 0 Å². The molecule has 0 atom stereocenters. The highest BCUT2D eigenvalue weighted by atomic mass is 14.5. The summed E-state index contributed by atoms with van der Waals surface area (Å²) in [4.78, 5) is 0. The fourth-order valence-electron chi connectivity index (χ4n) is 5.14. The molecule has 0 aliphatic heterocycles. The lowest BCUT2D eigenvalue weighted by Gasteiger charge is -2.44. The van der Waals surface area contributed by atoms with Gasteiger partial charge >= 0.3 is 0 Å². The van der Waals surface area contributed by atoms with E-state index in [1.807, 2.05) is 0 Å². The monoisotopic (exact) mass is 310 g/mol. The van der Waals surface area contributed by atoms with Crippen LogP contribution in [-0.4, -0.2) is 0 Å². The van der Waals surface area contributed by atoms with E-state index in [9.17, 15) is 0 Å². The van der Waals surface area contributed by atoms with Crippen molar-refractivity contribution >= 4 is 0 Å². The van der Waals surface area contributed by atoms with Gasteiger partial charge in [0.05, 0.1) is 0 Å². The quantitative estimate of drug-likeness (QED) is 0.334. The van der Waals surface area contributed by atoms with Crippen LogP contribution in [0.1, 0.15) is 67.5 Å². The molecular formula is C24H22. The van der Waals surface area contributed by atoms with Crippen molar-refractivity contribution in [3.8, 4) is 0 Å². The van der Waals surface area contributed by atoms with E-state index in [0.29, 0.717) is 11.8 Å². The van der Waals surface area contributed by atoms with E-state index in [1.54, 1.807) is 11.1 Å². The molecule has 0 spiro atoms. The van der Waals surface area contributed by atoms with Crippen LogP contribution in [0.3, 0.4) is 0 Å². The summed E-state index contributed by atoms with van der Waals surface area (Å²) in [5, 5.41) is 0. The van der Waals surface area contributed by atoms with E-state index in [-0.39, 0.29) is 0 Å². The molecule has 24 heavy (non-hydrogen) atoms. The third-order valence-corrected chi connectivity index (χ3v) is 6.60. The van der Waals surface area contributed by atoms with Gasteiger partial charge in [0.25, 0.3) is 0 Å². The maximum atomic E-state index is 2.34. The van der Waals surface area contributed by atoms with Gasteiger partial charge in [-0.15, -0.1) is 0 Å². The lowest BCUT2D eigenvalue weighted by Crippen LogP contribution is -2.29. The highest BCUT2D eigenvalue weighted by molar-refractivity contribution is 5.72. The van der Waals surface area contributed by atoms with Crippen LogP contribution >= 0.6 is 0 Å². The summed E-state index contributed by atoms with van der Waals surface area (Å²) in [6, 6.07) is 18.2. The molecule has 0 aromatic heterocycles. The number of benzene rings is 3. The summed E-state index contributed by atoms with van der Waals surface area (Å²) in [5.41, 5.74) is 15.1. The van der Waals surface area contributed by atoms with Crippen molar-refractivity contribution in [1.82, 2.24) is 0 Å². The SMILES string of the molecule is Cc1c(C)c(C)c2c(c1C)C1c3ccccc3C2c2ccccc21. The first-order valence-electron chi connectivity index (χ1n) is 8.89. The Morgan fingerprint density at radius 3 is 1.04 bits per heavy atom. The van der Waals surface area contributed by atoms with Crippen LogP contribution in [0.15, 0.2) is 48.5 Å². The standard InChI is InChI=1S/C24H22/c1-13-14(2)16(4)22-21(15(13)3)23-17-9-5-7-11-19(17)24(22)20-12-8-6-10-18(20)23/h5-12,23-24H,1-4H3. The molecular weight excluding hydrogens is 288 g/mol. The molecule has 0 unspecified atom stereocenters. The van der Waals surface area contributed by atoms with Crippen LogP contribution in [0.5, 0.6) is 0 Å². The summed E-state index contributed by atoms with van der Waals surface area (Å²) in [7, 11) is 0. The van der Waals surface area contributed by atoms with Crippen LogP contribution in [0.2, 0.25) is 0 Å². The summed E-state index contributed by atoms with van der Waals surface area (Å²) < 4.78 is 0. The summed E-state index contributed by atoms with van der Waals surface area (Å²) in [6.07, 6.45) is 0. The van der Waals surface area contributed by atoms with Crippen molar-refractivity contribution in [2.24, 2.45) is 0 Å². The Balaban J connectivity index is 1.98. The van der Waals surface area contributed by atoms with Crippen LogP contribution in [-0.2, 0) is 0 Å². The van der Waals surface area contributed by atoms with Crippen molar-refractivity contribution in [1.29, 1.82) is 0 Å². The average molecular weight is 310 g/mol. The first-order chi connectivity index (χ1) is 11.6. The minimum absolute atomic E-state index is 0.399. The van der Waals surface area contributed by atoms with Gasteiger partial charge in [0.15, 0.2) is 0 Å². The third-order valence-electron chi connectivity index (χ3n) is 6.60. The summed E-state index contributed by atoms with van der Waals surface area (Å²) in [6.45, 7) is 9.23. The highest BCUT2D eigenvalue weighted by Crippen LogP contribution is 2.57. The van der Waals surface area contributed by atoms with Crippen molar-refractivity contribution < 1.29 is 0 Å². The molecule has 0 saturated heterocycles. The Kier molecular flexibility index (Phi) is 2.69. The maximum absolute atomic E-state index is 2.34. The second-order valence-corrected chi connectivity index (χ2v) is 7.45. The van der Waals surface area contributed by atoms with E-state index in [1.165, 1.54) is 44.5 Å². The first kappa shape index (κ1) is 14.0. The zero-order valence-electron chi connectivity index (χ0n) is 14.8. The second kappa shape index (κ2) is 4.60. The number of hydrogen-bond acceptors (Lipinski definition) is 0. The van der Waals surface area contributed by atoms with E-state index < -0.39 is 0 Å². The molecule has 0 nitrogen and oxygen atoms in total. The van der Waals surface area contributed by atoms with E-state index in [2.05, 4.69) is 76.2 Å². The predicted octanol–water partition coefficient (Wildman–Crippen LogP) is 5.91. The molecule has 0 heterocycles. The zero-order chi connectivity index (χ0) is 16.6. The predicted molar refractivity (Wildman–Crippen MR) is 100 cm³/mol. The van der Waals surface area contributed by atoms with Crippen molar-refractivity contribution in [3.63, 3.8) is 0 Å². The normalized spacial score (nSPS) is 19.7. The van der Waals surface area contributed by atoms with Crippen molar-refractivity contribution in [2.75, 3.05) is 0 Å². The number of rotatable bonds is 0. The van der Waals surface area contributed by atoms with Crippen LogP contribution < -0.4 is 0 Å². The fraction of sp³-hybridized carbons (Fsp3) is 0.250. The van der Waals surface area contributed by atoms with Crippen molar-refractivity contribution in [2.45, 2.75) is 39.5 Å². The molecule has 3 aliphatic rings. The van der Waals surface area contributed by atoms with Gasteiger partial charge in [0.1, 0.15) is 0 Å². The first-order valence-corrected chi connectivity index (χ1v) is 8.89. The van der Waals surface area contributed by atoms with Gasteiger partial charge in [0, 0.05) is 11.8 Å². The molecule has 118 valence electrons. The Labute approximate surface area is 144 Å². The Morgan fingerprint density at radius 1 is 0.458 bits per heavy atom. The summed E-state index contributed by atoms with van der Waals surface area (Å²) in [5.74, 6) is 0.797. The number of hydrogen-bond donors (Lipinski definition) is 0. The third kappa shape index (κ3) is 1.50.